The highest BCUT2D eigenvalue weighted by atomic mass is 16.5. The first-order valence-electron chi connectivity index (χ1n) is 7.56. The summed E-state index contributed by atoms with van der Waals surface area (Å²) >= 11 is 0. The summed E-state index contributed by atoms with van der Waals surface area (Å²) < 4.78 is 5.25. The number of carbonyl (C=O) groups excluding carboxylic acids is 2. The molecule has 23 heavy (non-hydrogen) atoms. The maximum Gasteiger partial charge on any atom is 0.239 e. The van der Waals surface area contributed by atoms with Crippen LogP contribution in [0, 0.1) is 5.92 Å². The van der Waals surface area contributed by atoms with Gasteiger partial charge in [-0.25, -0.2) is 0 Å². The number of nitrogens with one attached hydrogen (secondary N) is 2. The highest BCUT2D eigenvalue weighted by Crippen LogP contribution is 2.11. The van der Waals surface area contributed by atoms with Crippen LogP contribution in [0.15, 0.2) is 24.3 Å². The van der Waals surface area contributed by atoms with Crippen LogP contribution >= 0.6 is 0 Å². The summed E-state index contributed by atoms with van der Waals surface area (Å²) in [5, 5.41) is 13.9. The molecule has 0 aliphatic heterocycles. The second-order valence-corrected chi connectivity index (χ2v) is 5.48. The molecule has 0 spiro atoms. The molecule has 5 N–H and O–H groups in total. The maximum absolute atomic E-state index is 11.7. The largest absolute Gasteiger partial charge is 0.491 e. The summed E-state index contributed by atoms with van der Waals surface area (Å²) in [4.78, 5) is 23.3. The van der Waals surface area contributed by atoms with Crippen molar-refractivity contribution in [3.8, 4) is 5.75 Å². The fourth-order valence-corrected chi connectivity index (χ4v) is 1.72. The number of carbonyl (C=O) groups is 2. The zero-order chi connectivity index (χ0) is 17.2. The van der Waals surface area contributed by atoms with E-state index in [1.54, 1.807) is 12.1 Å². The van der Waals surface area contributed by atoms with Crippen LogP contribution in [-0.4, -0.2) is 42.7 Å². The van der Waals surface area contributed by atoms with E-state index < -0.39 is 6.04 Å². The van der Waals surface area contributed by atoms with Gasteiger partial charge in [-0.15, -0.1) is 0 Å². The van der Waals surface area contributed by atoms with Crippen LogP contribution in [-0.2, 0) is 16.1 Å². The summed E-state index contributed by atoms with van der Waals surface area (Å²) in [6, 6.07) is 6.55. The number of amides is 2. The molecule has 0 unspecified atom stereocenters. The van der Waals surface area contributed by atoms with Gasteiger partial charge in [-0.3, -0.25) is 9.59 Å². The molecule has 1 aromatic rings. The Morgan fingerprint density at radius 3 is 2.43 bits per heavy atom. The van der Waals surface area contributed by atoms with Crippen LogP contribution in [0.3, 0.4) is 0 Å². The zero-order valence-corrected chi connectivity index (χ0v) is 13.5. The van der Waals surface area contributed by atoms with Crippen molar-refractivity contribution in [2.75, 3.05) is 19.8 Å². The van der Waals surface area contributed by atoms with Gasteiger partial charge in [0.15, 0.2) is 0 Å². The van der Waals surface area contributed by atoms with Gasteiger partial charge in [-0.2, -0.15) is 0 Å². The number of hydrogen-bond acceptors (Lipinski definition) is 5. The van der Waals surface area contributed by atoms with Crippen molar-refractivity contribution in [2.45, 2.75) is 26.4 Å². The summed E-state index contributed by atoms with van der Waals surface area (Å²) in [6.45, 7) is 4.15. The molecular formula is C16H25N3O4. The minimum absolute atomic E-state index is 0.0182. The van der Waals surface area contributed by atoms with E-state index in [1.807, 2.05) is 26.0 Å². The van der Waals surface area contributed by atoms with E-state index in [0.29, 0.717) is 12.3 Å². The Morgan fingerprint density at radius 2 is 1.87 bits per heavy atom. The van der Waals surface area contributed by atoms with E-state index in [9.17, 15) is 9.59 Å². The zero-order valence-electron chi connectivity index (χ0n) is 13.5. The van der Waals surface area contributed by atoms with Crippen molar-refractivity contribution < 1.29 is 19.4 Å². The normalized spacial score (nSPS) is 11.9. The second kappa shape index (κ2) is 9.81. The minimum atomic E-state index is -0.616. The van der Waals surface area contributed by atoms with Crippen molar-refractivity contribution in [3.63, 3.8) is 0 Å². The fraction of sp³-hybridized carbons (Fsp3) is 0.500. The Bertz CT molecular complexity index is 503. The molecule has 0 bridgehead atoms. The van der Waals surface area contributed by atoms with Gasteiger partial charge in [0.1, 0.15) is 12.4 Å². The molecule has 0 saturated heterocycles. The number of ether oxygens (including phenoxy) is 1. The van der Waals surface area contributed by atoms with Crippen molar-refractivity contribution >= 4 is 11.8 Å². The summed E-state index contributed by atoms with van der Waals surface area (Å²) in [6.07, 6.45) is 0. The Hall–Kier alpha value is -2.12. The van der Waals surface area contributed by atoms with Crippen molar-refractivity contribution in [3.05, 3.63) is 29.8 Å². The quantitative estimate of drug-likeness (QED) is 0.501. The molecule has 7 heteroatoms. The van der Waals surface area contributed by atoms with Gasteiger partial charge in [0, 0.05) is 6.54 Å². The molecular weight excluding hydrogens is 298 g/mol. The number of aliphatic hydroxyl groups excluding tert-OH is 1. The van der Waals surface area contributed by atoms with E-state index >= 15 is 0 Å². The topological polar surface area (TPSA) is 114 Å². The highest BCUT2D eigenvalue weighted by Gasteiger charge is 2.17. The Morgan fingerprint density at radius 1 is 1.22 bits per heavy atom. The van der Waals surface area contributed by atoms with Gasteiger partial charge >= 0.3 is 0 Å². The van der Waals surface area contributed by atoms with Crippen LogP contribution in [0.4, 0.5) is 0 Å². The van der Waals surface area contributed by atoms with Crippen molar-refractivity contribution in [1.29, 1.82) is 0 Å². The molecule has 1 aromatic carbocycles. The third-order valence-corrected chi connectivity index (χ3v) is 3.22. The van der Waals surface area contributed by atoms with Crippen molar-refractivity contribution in [1.82, 2.24) is 10.6 Å². The van der Waals surface area contributed by atoms with Crippen LogP contribution in [0.5, 0.6) is 5.75 Å². The molecule has 0 aliphatic rings. The molecule has 1 rings (SSSR count). The lowest BCUT2D eigenvalue weighted by atomic mass is 10.1. The third-order valence-electron chi connectivity index (χ3n) is 3.22. The Labute approximate surface area is 136 Å². The van der Waals surface area contributed by atoms with Crippen LogP contribution in [0.1, 0.15) is 19.4 Å². The lowest BCUT2D eigenvalue weighted by molar-refractivity contribution is -0.127. The highest BCUT2D eigenvalue weighted by molar-refractivity contribution is 5.87. The molecule has 0 heterocycles. The smallest absolute Gasteiger partial charge is 0.239 e. The molecule has 0 aliphatic carbocycles. The van der Waals surface area contributed by atoms with Gasteiger partial charge in [0.05, 0.1) is 19.2 Å². The molecule has 0 aromatic heterocycles. The average Bonchev–Trinajstić information content (AvgIpc) is 2.55. The minimum Gasteiger partial charge on any atom is -0.491 e. The number of benzene rings is 1. The van der Waals surface area contributed by atoms with Crippen LogP contribution in [0.2, 0.25) is 0 Å². The van der Waals surface area contributed by atoms with E-state index in [1.165, 1.54) is 0 Å². The maximum atomic E-state index is 11.7. The number of aliphatic hydroxyl groups is 1. The molecule has 0 radical (unpaired) electrons. The molecule has 1 atom stereocenters. The van der Waals surface area contributed by atoms with Gasteiger partial charge in [-0.05, 0) is 23.6 Å². The second-order valence-electron chi connectivity index (χ2n) is 5.48. The van der Waals surface area contributed by atoms with E-state index in [0.717, 1.165) is 5.56 Å². The van der Waals surface area contributed by atoms with Crippen molar-refractivity contribution in [2.24, 2.45) is 11.7 Å². The molecule has 2 amide bonds. The third kappa shape index (κ3) is 7.12. The van der Waals surface area contributed by atoms with Crippen LogP contribution < -0.4 is 21.1 Å². The van der Waals surface area contributed by atoms with E-state index in [4.69, 9.17) is 15.6 Å². The first-order chi connectivity index (χ1) is 10.9. The van der Waals surface area contributed by atoms with Gasteiger partial charge < -0.3 is 26.2 Å². The van der Waals surface area contributed by atoms with Gasteiger partial charge in [0.25, 0.3) is 0 Å². The average molecular weight is 323 g/mol. The number of nitrogens with two attached hydrogens (primary N) is 1. The first kappa shape index (κ1) is 18.9. The summed E-state index contributed by atoms with van der Waals surface area (Å²) in [7, 11) is 0. The van der Waals surface area contributed by atoms with Gasteiger partial charge in [0.2, 0.25) is 11.8 Å². The molecule has 0 saturated carbocycles. The fourth-order valence-electron chi connectivity index (χ4n) is 1.72. The Kier molecular flexibility index (Phi) is 8.07. The molecule has 128 valence electrons. The van der Waals surface area contributed by atoms with E-state index in [-0.39, 0.29) is 37.5 Å². The van der Waals surface area contributed by atoms with Crippen LogP contribution in [0.25, 0.3) is 0 Å². The lowest BCUT2D eigenvalue weighted by Crippen LogP contribution is -2.47. The summed E-state index contributed by atoms with van der Waals surface area (Å²) in [5.41, 5.74) is 6.59. The summed E-state index contributed by atoms with van der Waals surface area (Å²) in [5.74, 6) is 0.0594. The first-order valence-corrected chi connectivity index (χ1v) is 7.56. The monoisotopic (exact) mass is 323 g/mol. The SMILES string of the molecule is CC(C)[C@H](N)C(=O)NCC(=O)NCc1ccc(OCCO)cc1. The molecule has 0 fully saturated rings. The molecule has 7 nitrogen and oxygen atoms in total. The predicted octanol–water partition coefficient (Wildman–Crippen LogP) is -0.227. The number of rotatable bonds is 9. The standard InChI is InChI=1S/C16H25N3O4/c1-11(2)15(17)16(22)19-10-14(21)18-9-12-3-5-13(6-4-12)23-8-7-20/h3-6,11,15,20H,7-10,17H2,1-2H3,(H,18,21)(H,19,22)/t15-/m0/s1. The number of hydrogen-bond donors (Lipinski definition) is 4. The lowest BCUT2D eigenvalue weighted by Gasteiger charge is -2.15. The van der Waals surface area contributed by atoms with E-state index in [2.05, 4.69) is 10.6 Å². The Balaban J connectivity index is 2.31. The van der Waals surface area contributed by atoms with Gasteiger partial charge in [-0.1, -0.05) is 26.0 Å². The predicted molar refractivity (Wildman–Crippen MR) is 86.7 cm³/mol.